The number of carbonyl (C=O) groups excluding carboxylic acids is 1. The largest absolute Gasteiger partial charge is 0.298 e. The van der Waals surface area contributed by atoms with Gasteiger partial charge in [0, 0.05) is 0 Å². The molecule has 64 valence electrons. The first-order chi connectivity index (χ1) is 5.00. The molecule has 0 radical (unpaired) electrons. The van der Waals surface area contributed by atoms with E-state index in [1.165, 1.54) is 5.57 Å². The summed E-state index contributed by atoms with van der Waals surface area (Å²) >= 11 is 0. The molecular formula is C10H18O. The number of hydrogen-bond donors (Lipinski definition) is 0. The minimum Gasteiger partial charge on any atom is -0.298 e. The van der Waals surface area contributed by atoms with Gasteiger partial charge in [0.25, 0.3) is 0 Å². The molecule has 1 atom stereocenters. The molecule has 0 spiro atoms. The van der Waals surface area contributed by atoms with Crippen molar-refractivity contribution < 1.29 is 4.79 Å². The Morgan fingerprint density at radius 3 is 1.91 bits per heavy atom. The molecule has 0 aromatic carbocycles. The van der Waals surface area contributed by atoms with Crippen LogP contribution in [0.4, 0.5) is 0 Å². The Labute approximate surface area is 69.5 Å². The Morgan fingerprint density at radius 1 is 1.18 bits per heavy atom. The van der Waals surface area contributed by atoms with E-state index < -0.39 is 0 Å². The van der Waals surface area contributed by atoms with E-state index in [2.05, 4.69) is 20.8 Å². The first-order valence-corrected chi connectivity index (χ1v) is 4.13. The first kappa shape index (κ1) is 10.4. The lowest BCUT2D eigenvalue weighted by Crippen LogP contribution is -2.07. The van der Waals surface area contributed by atoms with Gasteiger partial charge in [-0.2, -0.15) is 0 Å². The van der Waals surface area contributed by atoms with Crippen LogP contribution in [-0.2, 0) is 4.79 Å². The molecule has 1 nitrogen and oxygen atoms in total. The highest BCUT2D eigenvalue weighted by molar-refractivity contribution is 5.73. The highest BCUT2D eigenvalue weighted by Gasteiger charge is 2.10. The van der Waals surface area contributed by atoms with Crippen LogP contribution in [0.2, 0.25) is 0 Å². The van der Waals surface area contributed by atoms with E-state index in [0.29, 0.717) is 11.8 Å². The highest BCUT2D eigenvalue weighted by atomic mass is 16.1. The summed E-state index contributed by atoms with van der Waals surface area (Å²) in [7, 11) is 0. The number of hydrogen-bond acceptors (Lipinski definition) is 1. The van der Waals surface area contributed by atoms with Crippen molar-refractivity contribution in [2.45, 2.75) is 34.6 Å². The smallest absolute Gasteiger partial charge is 0.145 e. The molecule has 11 heavy (non-hydrogen) atoms. The summed E-state index contributed by atoms with van der Waals surface area (Å²) in [6, 6.07) is 0. The van der Waals surface area contributed by atoms with Gasteiger partial charge in [0.05, 0.1) is 0 Å². The Morgan fingerprint density at radius 2 is 1.64 bits per heavy atom. The Kier molecular flexibility index (Phi) is 4.09. The van der Waals surface area contributed by atoms with E-state index in [1.807, 2.05) is 13.8 Å². The number of carbonyl (C=O) groups is 1. The van der Waals surface area contributed by atoms with Crippen LogP contribution in [-0.4, -0.2) is 6.29 Å². The summed E-state index contributed by atoms with van der Waals surface area (Å²) < 4.78 is 0. The van der Waals surface area contributed by atoms with Crippen molar-refractivity contribution in [3.8, 4) is 0 Å². The quantitative estimate of drug-likeness (QED) is 0.451. The molecule has 0 aliphatic heterocycles. The van der Waals surface area contributed by atoms with Crippen molar-refractivity contribution in [3.05, 3.63) is 11.1 Å². The predicted octanol–water partition coefficient (Wildman–Crippen LogP) is 2.81. The maximum atomic E-state index is 10.4. The van der Waals surface area contributed by atoms with Crippen molar-refractivity contribution >= 4 is 6.29 Å². The van der Waals surface area contributed by atoms with Gasteiger partial charge >= 0.3 is 0 Å². The van der Waals surface area contributed by atoms with Crippen LogP contribution in [0, 0.1) is 11.8 Å². The van der Waals surface area contributed by atoms with Crippen molar-refractivity contribution in [1.29, 1.82) is 0 Å². The summed E-state index contributed by atoms with van der Waals surface area (Å²) in [4.78, 5) is 10.4. The maximum Gasteiger partial charge on any atom is 0.145 e. The standard InChI is InChI=1S/C10H18O/c1-7(2)9(4)10(5)8(3)6-11/h6-7,9H,1-5H3/b10-8-. The molecule has 0 aromatic heterocycles. The predicted molar refractivity (Wildman–Crippen MR) is 48.4 cm³/mol. The Bertz CT molecular complexity index is 166. The van der Waals surface area contributed by atoms with Gasteiger partial charge in [-0.05, 0) is 31.3 Å². The second kappa shape index (κ2) is 4.32. The minimum absolute atomic E-state index is 0.514. The van der Waals surface area contributed by atoms with Gasteiger partial charge in [-0.1, -0.05) is 26.3 Å². The molecule has 0 saturated heterocycles. The van der Waals surface area contributed by atoms with E-state index >= 15 is 0 Å². The molecule has 1 unspecified atom stereocenters. The third-order valence-corrected chi connectivity index (χ3v) is 2.48. The monoisotopic (exact) mass is 154 g/mol. The molecule has 0 aliphatic carbocycles. The molecule has 1 heteroatoms. The number of rotatable bonds is 3. The molecule has 0 N–H and O–H groups in total. The molecule has 0 saturated carbocycles. The van der Waals surface area contributed by atoms with E-state index in [0.717, 1.165) is 11.9 Å². The van der Waals surface area contributed by atoms with Gasteiger partial charge in [-0.25, -0.2) is 0 Å². The lowest BCUT2D eigenvalue weighted by atomic mass is 9.89. The lowest BCUT2D eigenvalue weighted by Gasteiger charge is -2.17. The van der Waals surface area contributed by atoms with E-state index in [4.69, 9.17) is 0 Å². The molecule has 0 heterocycles. The van der Waals surface area contributed by atoms with Crippen molar-refractivity contribution in [2.75, 3.05) is 0 Å². The van der Waals surface area contributed by atoms with Crippen LogP contribution in [0.5, 0.6) is 0 Å². The molecule has 0 rings (SSSR count). The van der Waals surface area contributed by atoms with Crippen LogP contribution in [0.3, 0.4) is 0 Å². The molecule has 0 bridgehead atoms. The second-order valence-corrected chi connectivity index (χ2v) is 3.52. The maximum absolute atomic E-state index is 10.4. The number of allylic oxidation sites excluding steroid dienone is 2. The zero-order chi connectivity index (χ0) is 9.02. The molecule has 0 fully saturated rings. The van der Waals surface area contributed by atoms with Crippen molar-refractivity contribution in [2.24, 2.45) is 11.8 Å². The zero-order valence-electron chi connectivity index (χ0n) is 8.14. The third kappa shape index (κ3) is 2.87. The average Bonchev–Trinajstić information content (AvgIpc) is 2.00. The molecule has 0 aliphatic rings. The van der Waals surface area contributed by atoms with Gasteiger partial charge in [0.15, 0.2) is 0 Å². The van der Waals surface area contributed by atoms with Crippen molar-refractivity contribution in [1.82, 2.24) is 0 Å². The topological polar surface area (TPSA) is 17.1 Å². The van der Waals surface area contributed by atoms with Crippen LogP contribution < -0.4 is 0 Å². The summed E-state index contributed by atoms with van der Waals surface area (Å²) in [6.45, 7) is 10.4. The van der Waals surface area contributed by atoms with Crippen molar-refractivity contribution in [3.63, 3.8) is 0 Å². The second-order valence-electron chi connectivity index (χ2n) is 3.52. The first-order valence-electron chi connectivity index (χ1n) is 4.13. The summed E-state index contributed by atoms with van der Waals surface area (Å²) in [6.07, 6.45) is 0.939. The van der Waals surface area contributed by atoms with Crippen LogP contribution in [0.15, 0.2) is 11.1 Å². The molecule has 0 amide bonds. The van der Waals surface area contributed by atoms with Crippen LogP contribution in [0.25, 0.3) is 0 Å². The summed E-state index contributed by atoms with van der Waals surface area (Å²) in [5.74, 6) is 1.13. The minimum atomic E-state index is 0.514. The lowest BCUT2D eigenvalue weighted by molar-refractivity contribution is -0.104. The van der Waals surface area contributed by atoms with Gasteiger partial charge in [-0.3, -0.25) is 4.79 Å². The molecular weight excluding hydrogens is 136 g/mol. The fourth-order valence-electron chi connectivity index (χ4n) is 0.952. The van der Waals surface area contributed by atoms with E-state index in [-0.39, 0.29) is 0 Å². The van der Waals surface area contributed by atoms with E-state index in [9.17, 15) is 4.79 Å². The third-order valence-electron chi connectivity index (χ3n) is 2.48. The summed E-state index contributed by atoms with van der Waals surface area (Å²) in [5.41, 5.74) is 2.10. The normalized spacial score (nSPS) is 16.2. The van der Waals surface area contributed by atoms with Gasteiger partial charge in [-0.15, -0.1) is 0 Å². The van der Waals surface area contributed by atoms with Gasteiger partial charge in [0.2, 0.25) is 0 Å². The summed E-state index contributed by atoms with van der Waals surface area (Å²) in [5, 5.41) is 0. The fourth-order valence-corrected chi connectivity index (χ4v) is 0.952. The number of aldehydes is 1. The van der Waals surface area contributed by atoms with Gasteiger partial charge < -0.3 is 0 Å². The zero-order valence-corrected chi connectivity index (χ0v) is 8.14. The van der Waals surface area contributed by atoms with Crippen LogP contribution >= 0.6 is 0 Å². The Balaban J connectivity index is 4.45. The van der Waals surface area contributed by atoms with Gasteiger partial charge in [0.1, 0.15) is 6.29 Å². The fraction of sp³-hybridized carbons (Fsp3) is 0.700. The molecule has 0 aromatic rings. The average molecular weight is 154 g/mol. The highest BCUT2D eigenvalue weighted by Crippen LogP contribution is 2.21. The SMILES string of the molecule is C/C(C=O)=C(\C)C(C)C(C)C. The Hall–Kier alpha value is -0.590. The van der Waals surface area contributed by atoms with Crippen LogP contribution in [0.1, 0.15) is 34.6 Å². The van der Waals surface area contributed by atoms with E-state index in [1.54, 1.807) is 0 Å².